The number of nitrogens with zero attached hydrogens (tertiary/aromatic N) is 4. The van der Waals surface area contributed by atoms with Crippen LogP contribution >= 0.6 is 0 Å². The van der Waals surface area contributed by atoms with Crippen LogP contribution in [0.4, 0.5) is 0 Å². The molecule has 0 fully saturated rings. The van der Waals surface area contributed by atoms with Gasteiger partial charge in [0, 0.05) is 0 Å². The minimum Gasteiger partial charge on any atom is -0.196 e. The molecule has 0 radical (unpaired) electrons. The minimum absolute atomic E-state index is 0.468. The number of hydrogen-bond acceptors (Lipinski definition) is 4. The average molecular weight is 164 g/mol. The highest BCUT2D eigenvalue weighted by atomic mass is 15.2. The van der Waals surface area contributed by atoms with E-state index in [9.17, 15) is 0 Å². The zero-order valence-corrected chi connectivity index (χ0v) is 7.57. The van der Waals surface area contributed by atoms with Crippen LogP contribution < -0.4 is 0 Å². The molecule has 0 aromatic rings. The molecule has 0 aliphatic carbocycles. The molecule has 0 N–H and O–H groups in total. The summed E-state index contributed by atoms with van der Waals surface area (Å²) in [7, 11) is 0. The molecular weight excluding hydrogens is 152 g/mol. The van der Waals surface area contributed by atoms with Gasteiger partial charge >= 0.3 is 0 Å². The standard InChI is InChI=1S/C8H12N4/c1-4-8(3,6-10)12-11-7(2)5-9/h7H,4H2,1-3H3. The zero-order valence-electron chi connectivity index (χ0n) is 7.57. The van der Waals surface area contributed by atoms with E-state index in [-0.39, 0.29) is 0 Å². The Morgan fingerprint density at radius 3 is 2.42 bits per heavy atom. The second-order valence-electron chi connectivity index (χ2n) is 2.76. The van der Waals surface area contributed by atoms with E-state index in [2.05, 4.69) is 10.2 Å². The van der Waals surface area contributed by atoms with E-state index in [0.29, 0.717) is 6.42 Å². The van der Waals surface area contributed by atoms with Gasteiger partial charge in [0.2, 0.25) is 0 Å². The SMILES string of the molecule is CCC(C)(C#N)N=NC(C)C#N. The lowest BCUT2D eigenvalue weighted by atomic mass is 10.0. The number of azo groups is 1. The monoisotopic (exact) mass is 164 g/mol. The van der Waals surface area contributed by atoms with E-state index in [1.54, 1.807) is 13.8 Å². The van der Waals surface area contributed by atoms with E-state index in [1.165, 1.54) is 0 Å². The van der Waals surface area contributed by atoms with Gasteiger partial charge in [0.25, 0.3) is 0 Å². The van der Waals surface area contributed by atoms with Crippen molar-refractivity contribution in [2.45, 2.75) is 38.8 Å². The molecule has 0 aromatic carbocycles. The van der Waals surface area contributed by atoms with Crippen LogP contribution in [0.15, 0.2) is 10.2 Å². The highest BCUT2D eigenvalue weighted by Gasteiger charge is 2.20. The van der Waals surface area contributed by atoms with E-state index < -0.39 is 11.6 Å². The van der Waals surface area contributed by atoms with Crippen LogP contribution in [0.2, 0.25) is 0 Å². The molecule has 2 unspecified atom stereocenters. The van der Waals surface area contributed by atoms with E-state index >= 15 is 0 Å². The molecule has 0 aliphatic heterocycles. The largest absolute Gasteiger partial charge is 0.196 e. The molecule has 2 atom stereocenters. The minimum atomic E-state index is -0.773. The molecule has 0 rings (SSSR count). The Balaban J connectivity index is 4.35. The lowest BCUT2D eigenvalue weighted by molar-refractivity contribution is 0.534. The topological polar surface area (TPSA) is 72.3 Å². The van der Waals surface area contributed by atoms with Crippen molar-refractivity contribution in [2.75, 3.05) is 0 Å². The third-order valence-electron chi connectivity index (χ3n) is 1.57. The second kappa shape index (κ2) is 4.46. The fourth-order valence-corrected chi connectivity index (χ4v) is 0.412. The predicted octanol–water partition coefficient (Wildman–Crippen LogP) is 2.04. The molecule has 0 aliphatic rings. The van der Waals surface area contributed by atoms with Crippen molar-refractivity contribution in [1.82, 2.24) is 0 Å². The Bertz CT molecular complexity index is 245. The molecule has 0 saturated heterocycles. The van der Waals surface area contributed by atoms with Crippen molar-refractivity contribution >= 4 is 0 Å². The molecule has 0 heterocycles. The molecule has 0 saturated carbocycles. The quantitative estimate of drug-likeness (QED) is 0.598. The van der Waals surface area contributed by atoms with Crippen molar-refractivity contribution < 1.29 is 0 Å². The van der Waals surface area contributed by atoms with Crippen LogP contribution in [0.25, 0.3) is 0 Å². The number of rotatable bonds is 3. The van der Waals surface area contributed by atoms with Gasteiger partial charge in [0.15, 0.2) is 11.6 Å². The maximum Gasteiger partial charge on any atom is 0.164 e. The Morgan fingerprint density at radius 2 is 2.08 bits per heavy atom. The maximum atomic E-state index is 8.68. The summed E-state index contributed by atoms with van der Waals surface area (Å²) in [6.45, 7) is 5.19. The van der Waals surface area contributed by atoms with Gasteiger partial charge in [-0.3, -0.25) is 0 Å². The van der Waals surface area contributed by atoms with Crippen LogP contribution in [0, 0.1) is 22.7 Å². The summed E-state index contributed by atoms with van der Waals surface area (Å²) in [4.78, 5) is 0. The summed E-state index contributed by atoms with van der Waals surface area (Å²) in [6, 6.07) is 3.49. The van der Waals surface area contributed by atoms with Crippen molar-refractivity contribution in [3.8, 4) is 12.1 Å². The van der Waals surface area contributed by atoms with Crippen molar-refractivity contribution in [2.24, 2.45) is 10.2 Å². The van der Waals surface area contributed by atoms with Gasteiger partial charge in [-0.25, -0.2) is 0 Å². The first-order chi connectivity index (χ1) is 5.58. The molecule has 0 bridgehead atoms. The highest BCUT2D eigenvalue weighted by molar-refractivity contribution is 5.02. The Kier molecular flexibility index (Phi) is 3.93. The third-order valence-corrected chi connectivity index (χ3v) is 1.57. The molecule has 4 heteroatoms. The van der Waals surface area contributed by atoms with Gasteiger partial charge in [0.1, 0.15) is 0 Å². The average Bonchev–Trinajstić information content (AvgIpc) is 2.13. The van der Waals surface area contributed by atoms with Gasteiger partial charge in [-0.05, 0) is 20.3 Å². The van der Waals surface area contributed by atoms with Gasteiger partial charge in [-0.15, -0.1) is 0 Å². The normalized spacial score (nSPS) is 17.8. The Morgan fingerprint density at radius 1 is 1.50 bits per heavy atom. The maximum absolute atomic E-state index is 8.68. The third kappa shape index (κ3) is 3.12. The van der Waals surface area contributed by atoms with Gasteiger partial charge < -0.3 is 0 Å². The summed E-state index contributed by atoms with van der Waals surface area (Å²) in [6.07, 6.45) is 0.602. The van der Waals surface area contributed by atoms with E-state index in [0.717, 1.165) is 0 Å². The van der Waals surface area contributed by atoms with Crippen molar-refractivity contribution in [3.63, 3.8) is 0 Å². The molecule has 4 nitrogen and oxygen atoms in total. The summed E-state index contributed by atoms with van der Waals surface area (Å²) in [5.41, 5.74) is -0.773. The smallest absolute Gasteiger partial charge is 0.164 e. The van der Waals surface area contributed by atoms with Crippen LogP contribution in [0.3, 0.4) is 0 Å². The predicted molar refractivity (Wildman–Crippen MR) is 44.2 cm³/mol. The van der Waals surface area contributed by atoms with Gasteiger partial charge in [-0.2, -0.15) is 20.8 Å². The summed E-state index contributed by atoms with van der Waals surface area (Å²) in [5.74, 6) is 0. The summed E-state index contributed by atoms with van der Waals surface area (Å²) >= 11 is 0. The van der Waals surface area contributed by atoms with Crippen LogP contribution in [0.1, 0.15) is 27.2 Å². The fraction of sp³-hybridized carbons (Fsp3) is 0.750. The van der Waals surface area contributed by atoms with Crippen LogP contribution in [-0.2, 0) is 0 Å². The first-order valence-corrected chi connectivity index (χ1v) is 3.81. The van der Waals surface area contributed by atoms with Crippen LogP contribution in [0.5, 0.6) is 0 Å². The fourth-order valence-electron chi connectivity index (χ4n) is 0.412. The first-order valence-electron chi connectivity index (χ1n) is 3.81. The lowest BCUT2D eigenvalue weighted by Crippen LogP contribution is -2.17. The zero-order chi connectivity index (χ0) is 9.61. The van der Waals surface area contributed by atoms with E-state index in [4.69, 9.17) is 10.5 Å². The summed E-state index contributed by atoms with van der Waals surface area (Å²) in [5, 5.41) is 24.6. The highest BCUT2D eigenvalue weighted by Crippen LogP contribution is 2.14. The summed E-state index contributed by atoms with van der Waals surface area (Å²) < 4.78 is 0. The molecule has 0 aromatic heterocycles. The van der Waals surface area contributed by atoms with Gasteiger partial charge in [0.05, 0.1) is 12.1 Å². The van der Waals surface area contributed by atoms with Crippen molar-refractivity contribution in [3.05, 3.63) is 0 Å². The Labute approximate surface area is 72.5 Å². The van der Waals surface area contributed by atoms with Crippen LogP contribution in [-0.4, -0.2) is 11.6 Å². The lowest BCUT2D eigenvalue weighted by Gasteiger charge is -2.10. The number of hydrogen-bond donors (Lipinski definition) is 0. The molecule has 12 heavy (non-hydrogen) atoms. The van der Waals surface area contributed by atoms with E-state index in [1.807, 2.05) is 19.1 Å². The van der Waals surface area contributed by atoms with Crippen molar-refractivity contribution in [1.29, 1.82) is 10.5 Å². The molecule has 0 amide bonds. The molecule has 0 spiro atoms. The van der Waals surface area contributed by atoms with Gasteiger partial charge in [-0.1, -0.05) is 6.92 Å². The first kappa shape index (κ1) is 10.6. The number of nitriles is 2. The molecular formula is C8H12N4. The Hall–Kier alpha value is -1.42. The molecule has 64 valence electrons. The second-order valence-corrected chi connectivity index (χ2v) is 2.76.